The van der Waals surface area contributed by atoms with Crippen molar-refractivity contribution in [3.63, 3.8) is 0 Å². The number of hydrogen-bond acceptors (Lipinski definition) is 4. The molecule has 5 nitrogen and oxygen atoms in total. The molecule has 0 bridgehead atoms. The average Bonchev–Trinajstić information content (AvgIpc) is 2.88. The summed E-state index contributed by atoms with van der Waals surface area (Å²) >= 11 is 18.5. The first kappa shape index (κ1) is 14.4. The highest BCUT2D eigenvalue weighted by Crippen LogP contribution is 2.33. The van der Waals surface area contributed by atoms with Crippen LogP contribution in [0, 0.1) is 13.8 Å². The Labute approximate surface area is 135 Å². The molecule has 0 aliphatic heterocycles. The molecule has 1 N–H and O–H groups in total. The quantitative estimate of drug-likeness (QED) is 0.699. The molecule has 21 heavy (non-hydrogen) atoms. The topological polar surface area (TPSA) is 55.1 Å². The third kappa shape index (κ3) is 2.52. The largest absolute Gasteiger partial charge is 0.338 e. The van der Waals surface area contributed by atoms with Crippen LogP contribution >= 0.6 is 34.8 Å². The molecule has 0 aliphatic carbocycles. The molecule has 0 radical (unpaired) electrons. The fourth-order valence-corrected chi connectivity index (χ4v) is 2.51. The standard InChI is InChI=1S/C13H10Cl3N5/c1-6-3-9(15)10(4-8(6)14)19-12-7(2)11(16)20-13-17-5-18-21(12)13/h3-5,19H,1-2H3. The van der Waals surface area contributed by atoms with E-state index >= 15 is 0 Å². The van der Waals surface area contributed by atoms with E-state index in [4.69, 9.17) is 34.8 Å². The Kier molecular flexibility index (Phi) is 3.65. The Bertz CT molecular complexity index is 843. The molecule has 2 aromatic heterocycles. The van der Waals surface area contributed by atoms with Crippen LogP contribution in [0.1, 0.15) is 11.1 Å². The van der Waals surface area contributed by atoms with Crippen molar-refractivity contribution in [3.05, 3.63) is 44.8 Å². The molecule has 1 aromatic carbocycles. The molecule has 0 fully saturated rings. The van der Waals surface area contributed by atoms with E-state index in [9.17, 15) is 0 Å². The van der Waals surface area contributed by atoms with Crippen molar-refractivity contribution < 1.29 is 0 Å². The number of hydrogen-bond donors (Lipinski definition) is 1. The van der Waals surface area contributed by atoms with Gasteiger partial charge in [-0.3, -0.25) is 0 Å². The maximum Gasteiger partial charge on any atom is 0.255 e. The zero-order valence-corrected chi connectivity index (χ0v) is 13.4. The van der Waals surface area contributed by atoms with E-state index in [2.05, 4.69) is 20.4 Å². The van der Waals surface area contributed by atoms with Crippen molar-refractivity contribution in [1.29, 1.82) is 0 Å². The highest BCUT2D eigenvalue weighted by molar-refractivity contribution is 6.36. The average molecular weight is 343 g/mol. The molecule has 0 spiro atoms. The number of benzene rings is 1. The Balaban J connectivity index is 2.16. The molecule has 3 rings (SSSR count). The first-order valence-electron chi connectivity index (χ1n) is 6.06. The predicted octanol–water partition coefficient (Wildman–Crippen LogP) is 4.44. The number of aryl methyl sites for hydroxylation is 1. The van der Waals surface area contributed by atoms with E-state index in [1.54, 1.807) is 16.6 Å². The van der Waals surface area contributed by atoms with E-state index in [0.29, 0.717) is 32.5 Å². The summed E-state index contributed by atoms with van der Waals surface area (Å²) in [7, 11) is 0. The zero-order chi connectivity index (χ0) is 15.1. The van der Waals surface area contributed by atoms with Gasteiger partial charge in [0.05, 0.1) is 10.7 Å². The third-order valence-electron chi connectivity index (χ3n) is 3.11. The summed E-state index contributed by atoms with van der Waals surface area (Å²) < 4.78 is 1.56. The summed E-state index contributed by atoms with van der Waals surface area (Å²) in [6.45, 7) is 3.73. The van der Waals surface area contributed by atoms with Crippen LogP contribution < -0.4 is 5.32 Å². The second kappa shape index (κ2) is 5.33. The number of anilines is 2. The number of nitrogens with zero attached hydrogens (tertiary/aromatic N) is 4. The van der Waals surface area contributed by atoms with Gasteiger partial charge in [-0.15, -0.1) is 0 Å². The molecule has 0 saturated heterocycles. The number of nitrogens with one attached hydrogen (secondary N) is 1. The fraction of sp³-hybridized carbons (Fsp3) is 0.154. The molecule has 0 saturated carbocycles. The first-order valence-corrected chi connectivity index (χ1v) is 7.19. The predicted molar refractivity (Wildman–Crippen MR) is 85.0 cm³/mol. The SMILES string of the molecule is Cc1cc(Cl)c(Nc2c(C)c(Cl)nc3ncnn23)cc1Cl. The molecular formula is C13H10Cl3N5. The summed E-state index contributed by atoms with van der Waals surface area (Å²) in [5.74, 6) is 1.05. The van der Waals surface area contributed by atoms with E-state index in [1.165, 1.54) is 6.33 Å². The van der Waals surface area contributed by atoms with E-state index in [-0.39, 0.29) is 0 Å². The second-order valence-electron chi connectivity index (χ2n) is 4.55. The Morgan fingerprint density at radius 2 is 1.86 bits per heavy atom. The molecule has 3 aromatic rings. The van der Waals surface area contributed by atoms with Crippen LogP contribution in [0.15, 0.2) is 18.5 Å². The van der Waals surface area contributed by atoms with Gasteiger partial charge in [0, 0.05) is 10.6 Å². The van der Waals surface area contributed by atoms with Gasteiger partial charge in [0.25, 0.3) is 5.78 Å². The van der Waals surface area contributed by atoms with Crippen LogP contribution in [-0.2, 0) is 0 Å². The monoisotopic (exact) mass is 341 g/mol. The van der Waals surface area contributed by atoms with Gasteiger partial charge in [0.1, 0.15) is 17.3 Å². The molecule has 108 valence electrons. The van der Waals surface area contributed by atoms with Gasteiger partial charge < -0.3 is 5.32 Å². The van der Waals surface area contributed by atoms with Crippen LogP contribution in [-0.4, -0.2) is 19.6 Å². The van der Waals surface area contributed by atoms with Crippen molar-refractivity contribution in [2.75, 3.05) is 5.32 Å². The molecule has 0 atom stereocenters. The molecule has 0 aliphatic rings. The van der Waals surface area contributed by atoms with Gasteiger partial charge in [0.2, 0.25) is 0 Å². The minimum atomic E-state index is 0.354. The Morgan fingerprint density at radius 3 is 2.62 bits per heavy atom. The molecule has 2 heterocycles. The first-order chi connectivity index (χ1) is 9.97. The van der Waals surface area contributed by atoms with Gasteiger partial charge in [-0.25, -0.2) is 0 Å². The zero-order valence-electron chi connectivity index (χ0n) is 11.2. The lowest BCUT2D eigenvalue weighted by Gasteiger charge is -2.14. The minimum absolute atomic E-state index is 0.354. The maximum absolute atomic E-state index is 6.25. The summed E-state index contributed by atoms with van der Waals surface area (Å²) in [6, 6.07) is 3.55. The van der Waals surface area contributed by atoms with E-state index in [0.717, 1.165) is 11.1 Å². The minimum Gasteiger partial charge on any atom is -0.338 e. The van der Waals surface area contributed by atoms with Crippen LogP contribution in [0.5, 0.6) is 0 Å². The highest BCUT2D eigenvalue weighted by Gasteiger charge is 2.14. The summed E-state index contributed by atoms with van der Waals surface area (Å²) in [5, 5.41) is 8.86. The Hall–Kier alpha value is -1.56. The summed E-state index contributed by atoms with van der Waals surface area (Å²) in [6.07, 6.45) is 1.41. The fourth-order valence-electron chi connectivity index (χ4n) is 1.91. The molecule has 0 unspecified atom stereocenters. The van der Waals surface area contributed by atoms with Crippen LogP contribution in [0.2, 0.25) is 15.2 Å². The van der Waals surface area contributed by atoms with E-state index < -0.39 is 0 Å². The van der Waals surface area contributed by atoms with E-state index in [1.807, 2.05) is 13.8 Å². The molecule has 0 amide bonds. The number of aromatic nitrogens is 4. The van der Waals surface area contributed by atoms with Gasteiger partial charge in [-0.05, 0) is 31.5 Å². The van der Waals surface area contributed by atoms with Gasteiger partial charge in [-0.2, -0.15) is 19.6 Å². The second-order valence-corrected chi connectivity index (χ2v) is 5.73. The van der Waals surface area contributed by atoms with Crippen molar-refractivity contribution in [1.82, 2.24) is 19.6 Å². The summed E-state index contributed by atoms with van der Waals surface area (Å²) in [5.41, 5.74) is 2.31. The third-order valence-corrected chi connectivity index (χ3v) is 4.19. The Morgan fingerprint density at radius 1 is 1.10 bits per heavy atom. The van der Waals surface area contributed by atoms with Gasteiger partial charge in [0.15, 0.2) is 0 Å². The summed E-state index contributed by atoms with van der Waals surface area (Å²) in [4.78, 5) is 8.18. The van der Waals surface area contributed by atoms with Gasteiger partial charge >= 0.3 is 0 Å². The van der Waals surface area contributed by atoms with Crippen LogP contribution in [0.4, 0.5) is 11.5 Å². The van der Waals surface area contributed by atoms with Crippen LogP contribution in [0.3, 0.4) is 0 Å². The van der Waals surface area contributed by atoms with Crippen molar-refractivity contribution in [3.8, 4) is 0 Å². The van der Waals surface area contributed by atoms with Crippen molar-refractivity contribution in [2.24, 2.45) is 0 Å². The lowest BCUT2D eigenvalue weighted by molar-refractivity contribution is 0.936. The lowest BCUT2D eigenvalue weighted by Crippen LogP contribution is -2.05. The van der Waals surface area contributed by atoms with Crippen molar-refractivity contribution >= 4 is 52.1 Å². The smallest absolute Gasteiger partial charge is 0.255 e. The number of halogens is 3. The van der Waals surface area contributed by atoms with Crippen molar-refractivity contribution in [2.45, 2.75) is 13.8 Å². The maximum atomic E-state index is 6.25. The van der Waals surface area contributed by atoms with Crippen LogP contribution in [0.25, 0.3) is 5.78 Å². The highest BCUT2D eigenvalue weighted by atomic mass is 35.5. The lowest BCUT2D eigenvalue weighted by atomic mass is 10.2. The molecule has 8 heteroatoms. The van der Waals surface area contributed by atoms with Gasteiger partial charge in [-0.1, -0.05) is 34.8 Å². The number of rotatable bonds is 2. The molecular weight excluding hydrogens is 333 g/mol. The normalized spacial score (nSPS) is 11.1. The number of fused-ring (bicyclic) bond motifs is 1.